The Hall–Kier alpha value is -3.86. The van der Waals surface area contributed by atoms with Crippen LogP contribution in [-0.2, 0) is 16.1 Å². The van der Waals surface area contributed by atoms with Crippen molar-refractivity contribution in [3.05, 3.63) is 102 Å². The van der Waals surface area contributed by atoms with Crippen molar-refractivity contribution < 1.29 is 14.3 Å². The molecule has 0 aromatic heterocycles. The predicted molar refractivity (Wildman–Crippen MR) is 112 cm³/mol. The van der Waals surface area contributed by atoms with E-state index in [1.165, 1.54) is 4.90 Å². The zero-order valence-corrected chi connectivity index (χ0v) is 16.0. The van der Waals surface area contributed by atoms with Gasteiger partial charge in [0.1, 0.15) is 11.4 Å². The molecule has 3 aromatic carbocycles. The average Bonchev–Trinajstić information content (AvgIpc) is 2.99. The number of rotatable bonds is 6. The van der Waals surface area contributed by atoms with Gasteiger partial charge in [0.05, 0.1) is 19.2 Å². The van der Waals surface area contributed by atoms with Crippen LogP contribution in [0.2, 0.25) is 0 Å². The first-order valence-electron chi connectivity index (χ1n) is 9.29. The smallest absolute Gasteiger partial charge is 0.278 e. The molecule has 144 valence electrons. The maximum Gasteiger partial charge on any atom is 0.278 e. The Morgan fingerprint density at radius 1 is 0.793 bits per heavy atom. The minimum atomic E-state index is -0.358. The first kappa shape index (κ1) is 18.5. The first-order chi connectivity index (χ1) is 14.2. The van der Waals surface area contributed by atoms with Gasteiger partial charge in [-0.25, -0.2) is 0 Å². The summed E-state index contributed by atoms with van der Waals surface area (Å²) < 4.78 is 5.45. The fourth-order valence-corrected chi connectivity index (χ4v) is 3.37. The molecule has 0 unspecified atom stereocenters. The van der Waals surface area contributed by atoms with E-state index in [4.69, 9.17) is 4.74 Å². The molecule has 4 rings (SSSR count). The van der Waals surface area contributed by atoms with Crippen LogP contribution in [0.25, 0.3) is 5.57 Å². The number of nitrogens with zero attached hydrogens (tertiary/aromatic N) is 1. The molecule has 0 saturated carbocycles. The molecule has 0 radical (unpaired) electrons. The Morgan fingerprint density at radius 2 is 1.41 bits per heavy atom. The van der Waals surface area contributed by atoms with Crippen LogP contribution >= 0.6 is 0 Å². The summed E-state index contributed by atoms with van der Waals surface area (Å²) >= 11 is 0. The molecule has 0 atom stereocenters. The van der Waals surface area contributed by atoms with E-state index in [2.05, 4.69) is 5.32 Å². The summed E-state index contributed by atoms with van der Waals surface area (Å²) in [4.78, 5) is 27.9. The van der Waals surface area contributed by atoms with Gasteiger partial charge in [-0.3, -0.25) is 14.5 Å². The lowest BCUT2D eigenvalue weighted by molar-refractivity contribution is -0.137. The van der Waals surface area contributed by atoms with E-state index in [9.17, 15) is 9.59 Å². The number of hydrogen-bond acceptors (Lipinski definition) is 4. The third kappa shape index (κ3) is 3.62. The van der Waals surface area contributed by atoms with Gasteiger partial charge in [0, 0.05) is 11.3 Å². The van der Waals surface area contributed by atoms with Crippen molar-refractivity contribution in [1.82, 2.24) is 4.90 Å². The summed E-state index contributed by atoms with van der Waals surface area (Å²) in [5.74, 6) is -0.164. The zero-order chi connectivity index (χ0) is 20.2. The first-order valence-corrected chi connectivity index (χ1v) is 9.29. The minimum absolute atomic E-state index is 0.205. The zero-order valence-electron chi connectivity index (χ0n) is 16.0. The standard InChI is InChI=1S/C24H20N2O3/c1-29-20-15-9-8-14-19(20)21-22(25-18-12-6-3-7-13-18)24(28)26(23(21)27)16-17-10-4-2-5-11-17/h2-15,25H,16H2,1H3. The molecule has 2 amide bonds. The second-order valence-electron chi connectivity index (χ2n) is 6.62. The van der Waals surface area contributed by atoms with Gasteiger partial charge in [-0.15, -0.1) is 0 Å². The van der Waals surface area contributed by atoms with E-state index in [-0.39, 0.29) is 24.1 Å². The van der Waals surface area contributed by atoms with Crippen molar-refractivity contribution in [3.8, 4) is 5.75 Å². The normalized spacial score (nSPS) is 13.8. The van der Waals surface area contributed by atoms with E-state index in [1.807, 2.05) is 72.8 Å². The van der Waals surface area contributed by atoms with Gasteiger partial charge in [-0.2, -0.15) is 0 Å². The predicted octanol–water partition coefficient (Wildman–Crippen LogP) is 4.09. The molecule has 5 heteroatoms. The van der Waals surface area contributed by atoms with E-state index in [0.29, 0.717) is 16.9 Å². The number of para-hydroxylation sites is 2. The van der Waals surface area contributed by atoms with Crippen LogP contribution in [0.4, 0.5) is 5.69 Å². The molecule has 29 heavy (non-hydrogen) atoms. The topological polar surface area (TPSA) is 58.6 Å². The van der Waals surface area contributed by atoms with Gasteiger partial charge >= 0.3 is 0 Å². The number of imide groups is 1. The Kier molecular flexibility index (Phi) is 5.12. The number of methoxy groups -OCH3 is 1. The third-order valence-electron chi connectivity index (χ3n) is 4.77. The number of nitrogens with one attached hydrogen (secondary N) is 1. The second kappa shape index (κ2) is 8.02. The molecule has 0 aliphatic carbocycles. The van der Waals surface area contributed by atoms with Crippen molar-refractivity contribution in [1.29, 1.82) is 0 Å². The summed E-state index contributed by atoms with van der Waals surface area (Å²) in [5.41, 5.74) is 2.77. The number of ether oxygens (including phenoxy) is 1. The van der Waals surface area contributed by atoms with Crippen LogP contribution in [-0.4, -0.2) is 23.8 Å². The molecule has 1 aliphatic rings. The SMILES string of the molecule is COc1ccccc1C1=C(Nc2ccccc2)C(=O)N(Cc2ccccc2)C1=O. The van der Waals surface area contributed by atoms with E-state index in [0.717, 1.165) is 11.3 Å². The molecular weight excluding hydrogens is 364 g/mol. The van der Waals surface area contributed by atoms with Crippen LogP contribution in [0.5, 0.6) is 5.75 Å². The van der Waals surface area contributed by atoms with Crippen molar-refractivity contribution in [2.45, 2.75) is 6.54 Å². The Labute approximate surface area is 169 Å². The molecule has 1 N–H and O–H groups in total. The summed E-state index contributed by atoms with van der Waals surface area (Å²) in [6.07, 6.45) is 0. The molecule has 0 spiro atoms. The third-order valence-corrected chi connectivity index (χ3v) is 4.77. The van der Waals surface area contributed by atoms with Crippen molar-refractivity contribution in [2.75, 3.05) is 12.4 Å². The van der Waals surface area contributed by atoms with E-state index < -0.39 is 0 Å². The number of hydrogen-bond donors (Lipinski definition) is 1. The highest BCUT2D eigenvalue weighted by Crippen LogP contribution is 2.35. The van der Waals surface area contributed by atoms with Gasteiger partial charge in [-0.05, 0) is 23.8 Å². The summed E-state index contributed by atoms with van der Waals surface area (Å²) in [6, 6.07) is 26.0. The number of benzene rings is 3. The van der Waals surface area contributed by atoms with Crippen molar-refractivity contribution in [2.24, 2.45) is 0 Å². The highest BCUT2D eigenvalue weighted by atomic mass is 16.5. The Morgan fingerprint density at radius 3 is 2.10 bits per heavy atom. The Balaban J connectivity index is 1.78. The fourth-order valence-electron chi connectivity index (χ4n) is 3.37. The van der Waals surface area contributed by atoms with E-state index >= 15 is 0 Å². The highest BCUT2D eigenvalue weighted by molar-refractivity contribution is 6.36. The molecule has 0 bridgehead atoms. The molecule has 0 saturated heterocycles. The van der Waals surface area contributed by atoms with E-state index in [1.54, 1.807) is 19.2 Å². The lowest BCUT2D eigenvalue weighted by atomic mass is 10.0. The average molecular weight is 384 g/mol. The fraction of sp³-hybridized carbons (Fsp3) is 0.0833. The largest absolute Gasteiger partial charge is 0.496 e. The lowest BCUT2D eigenvalue weighted by Crippen LogP contribution is -2.32. The van der Waals surface area contributed by atoms with Gasteiger partial charge in [0.2, 0.25) is 0 Å². The molecule has 0 fully saturated rings. The van der Waals surface area contributed by atoms with Crippen LogP contribution in [0.1, 0.15) is 11.1 Å². The van der Waals surface area contributed by atoms with Crippen LogP contribution in [0, 0.1) is 0 Å². The molecule has 1 heterocycles. The lowest BCUT2D eigenvalue weighted by Gasteiger charge is -2.15. The van der Waals surface area contributed by atoms with Gasteiger partial charge in [-0.1, -0.05) is 66.7 Å². The Bertz CT molecular complexity index is 1080. The number of anilines is 1. The van der Waals surface area contributed by atoms with Gasteiger partial charge in [0.25, 0.3) is 11.8 Å². The number of amides is 2. The van der Waals surface area contributed by atoms with Crippen molar-refractivity contribution >= 4 is 23.1 Å². The molecular formula is C24H20N2O3. The quantitative estimate of drug-likeness (QED) is 0.651. The van der Waals surface area contributed by atoms with Crippen LogP contribution < -0.4 is 10.1 Å². The molecule has 1 aliphatic heterocycles. The second-order valence-corrected chi connectivity index (χ2v) is 6.62. The maximum atomic E-state index is 13.3. The van der Waals surface area contributed by atoms with Crippen LogP contribution in [0.3, 0.4) is 0 Å². The monoisotopic (exact) mass is 384 g/mol. The highest BCUT2D eigenvalue weighted by Gasteiger charge is 2.40. The molecule has 5 nitrogen and oxygen atoms in total. The summed E-state index contributed by atoms with van der Waals surface area (Å²) in [6.45, 7) is 0.205. The minimum Gasteiger partial charge on any atom is -0.496 e. The summed E-state index contributed by atoms with van der Waals surface area (Å²) in [5, 5.41) is 3.15. The summed E-state index contributed by atoms with van der Waals surface area (Å²) in [7, 11) is 1.55. The number of carbonyl (C=O) groups is 2. The molecule has 3 aromatic rings. The van der Waals surface area contributed by atoms with Crippen molar-refractivity contribution in [3.63, 3.8) is 0 Å². The van der Waals surface area contributed by atoms with Gasteiger partial charge in [0.15, 0.2) is 0 Å². The maximum absolute atomic E-state index is 13.3. The van der Waals surface area contributed by atoms with Crippen LogP contribution in [0.15, 0.2) is 90.6 Å². The van der Waals surface area contributed by atoms with Gasteiger partial charge < -0.3 is 10.1 Å². The number of carbonyl (C=O) groups excluding carboxylic acids is 2.